The molecular weight excluding hydrogens is 220 g/mol. The standard InChI is InChI=1S/C6H14NO3.Rb/c7-1-3-9-5-6-10-4-2-8;/h7-8H,1-6H2;/q-1;+1. The van der Waals surface area contributed by atoms with E-state index < -0.39 is 0 Å². The number of rotatable bonds is 7. The maximum Gasteiger partial charge on any atom is 1.00 e. The van der Waals surface area contributed by atoms with Crippen molar-refractivity contribution in [3.8, 4) is 0 Å². The number of hydrogen-bond acceptors (Lipinski definition) is 3. The molecule has 0 aliphatic rings. The third kappa shape index (κ3) is 14.5. The van der Waals surface area contributed by atoms with Gasteiger partial charge in [0.25, 0.3) is 0 Å². The van der Waals surface area contributed by atoms with Gasteiger partial charge in [-0.05, 0) is 0 Å². The van der Waals surface area contributed by atoms with E-state index in [-0.39, 0.29) is 64.8 Å². The number of hydrogen-bond donors (Lipinski definition) is 1. The Bertz CT molecular complexity index is 57.8. The van der Waals surface area contributed by atoms with Gasteiger partial charge in [0.05, 0.1) is 26.4 Å². The molecule has 11 heavy (non-hydrogen) atoms. The Hall–Kier alpha value is 1.65. The van der Waals surface area contributed by atoms with E-state index in [1.807, 2.05) is 0 Å². The van der Waals surface area contributed by atoms with E-state index >= 15 is 0 Å². The fourth-order valence-corrected chi connectivity index (χ4v) is 0.459. The summed E-state index contributed by atoms with van der Waals surface area (Å²) in [5, 5.41) is 8.27. The van der Waals surface area contributed by atoms with Crippen molar-refractivity contribution in [3.63, 3.8) is 0 Å². The summed E-state index contributed by atoms with van der Waals surface area (Å²) in [6.45, 7) is 2.19. The first-order chi connectivity index (χ1) is 4.91. The number of aliphatic hydroxyl groups excluding tert-OH is 1. The zero-order valence-corrected chi connectivity index (χ0v) is 11.9. The van der Waals surface area contributed by atoms with Crippen LogP contribution in [-0.2, 0) is 9.47 Å². The molecule has 0 atom stereocenters. The van der Waals surface area contributed by atoms with E-state index in [4.69, 9.17) is 20.3 Å². The van der Waals surface area contributed by atoms with Crippen molar-refractivity contribution in [2.24, 2.45) is 0 Å². The van der Waals surface area contributed by atoms with Crippen LogP contribution in [0.15, 0.2) is 0 Å². The Morgan fingerprint density at radius 3 is 2.00 bits per heavy atom. The van der Waals surface area contributed by atoms with Gasteiger partial charge in [-0.15, -0.1) is 6.54 Å². The molecule has 0 fully saturated rings. The first kappa shape index (κ1) is 15.1. The Balaban J connectivity index is 0. The van der Waals surface area contributed by atoms with E-state index in [0.717, 1.165) is 0 Å². The first-order valence-electron chi connectivity index (χ1n) is 3.32. The van der Waals surface area contributed by atoms with Gasteiger partial charge in [-0.1, -0.05) is 0 Å². The first-order valence-corrected chi connectivity index (χ1v) is 3.32. The maximum absolute atomic E-state index is 8.27. The molecule has 0 amide bonds. The van der Waals surface area contributed by atoms with E-state index in [1.54, 1.807) is 0 Å². The second kappa shape index (κ2) is 14.2. The summed E-state index contributed by atoms with van der Waals surface area (Å²) in [7, 11) is 0. The van der Waals surface area contributed by atoms with Crippen LogP contribution < -0.4 is 58.2 Å². The molecule has 0 aliphatic heterocycles. The Morgan fingerprint density at radius 1 is 1.00 bits per heavy atom. The zero-order valence-electron chi connectivity index (χ0n) is 7.01. The monoisotopic (exact) mass is 233 g/mol. The van der Waals surface area contributed by atoms with Gasteiger partial charge < -0.3 is 20.3 Å². The summed E-state index contributed by atoms with van der Waals surface area (Å²) in [4.78, 5) is 0. The Kier molecular flexibility index (Phi) is 19.5. The molecule has 0 aliphatic carbocycles. The minimum atomic E-state index is 0. The molecule has 62 valence electrons. The topological polar surface area (TPSA) is 62.5 Å². The SMILES string of the molecule is [NH-]CCOCCOCCO.[Rb+]. The van der Waals surface area contributed by atoms with Gasteiger partial charge >= 0.3 is 58.2 Å². The molecule has 0 saturated heterocycles. The van der Waals surface area contributed by atoms with Crippen LogP contribution in [0, 0.1) is 0 Å². The molecule has 0 spiro atoms. The summed E-state index contributed by atoms with van der Waals surface area (Å²) in [5.41, 5.74) is 6.71. The molecule has 0 rings (SSSR count). The molecular formula is C6H14NO3Rb. The Morgan fingerprint density at radius 2 is 1.55 bits per heavy atom. The molecule has 0 heterocycles. The van der Waals surface area contributed by atoms with Gasteiger partial charge in [0.2, 0.25) is 0 Å². The average molecular weight is 234 g/mol. The molecule has 0 aromatic rings. The van der Waals surface area contributed by atoms with Gasteiger partial charge in [-0.25, -0.2) is 0 Å². The molecule has 0 aromatic heterocycles. The van der Waals surface area contributed by atoms with E-state index in [2.05, 4.69) is 0 Å². The molecule has 0 saturated carbocycles. The number of aliphatic hydroxyl groups is 1. The summed E-state index contributed by atoms with van der Waals surface area (Å²) in [5.74, 6) is 0. The van der Waals surface area contributed by atoms with E-state index in [1.165, 1.54) is 0 Å². The zero-order chi connectivity index (χ0) is 7.66. The van der Waals surface area contributed by atoms with E-state index in [9.17, 15) is 0 Å². The predicted octanol–water partition coefficient (Wildman–Crippen LogP) is -2.93. The second-order valence-corrected chi connectivity index (χ2v) is 1.70. The van der Waals surface area contributed by atoms with Crippen LogP contribution in [0.5, 0.6) is 0 Å². The van der Waals surface area contributed by atoms with Gasteiger partial charge in [0.15, 0.2) is 0 Å². The van der Waals surface area contributed by atoms with Crippen molar-refractivity contribution in [1.29, 1.82) is 0 Å². The smallest absolute Gasteiger partial charge is 0.676 e. The third-order valence-electron chi connectivity index (χ3n) is 0.854. The molecule has 4 nitrogen and oxygen atoms in total. The number of ether oxygens (including phenoxy) is 2. The van der Waals surface area contributed by atoms with Crippen molar-refractivity contribution >= 4 is 0 Å². The van der Waals surface area contributed by atoms with Crippen molar-refractivity contribution in [3.05, 3.63) is 5.73 Å². The van der Waals surface area contributed by atoms with Crippen LogP contribution in [0.4, 0.5) is 0 Å². The minimum absolute atomic E-state index is 0. The van der Waals surface area contributed by atoms with Crippen LogP contribution in [-0.4, -0.2) is 44.7 Å². The van der Waals surface area contributed by atoms with Gasteiger partial charge in [-0.3, -0.25) is 0 Å². The summed E-state index contributed by atoms with van der Waals surface area (Å²) < 4.78 is 9.83. The summed E-state index contributed by atoms with van der Waals surface area (Å²) >= 11 is 0. The molecule has 0 aromatic carbocycles. The van der Waals surface area contributed by atoms with Crippen molar-refractivity contribution in [2.45, 2.75) is 0 Å². The van der Waals surface area contributed by atoms with Crippen molar-refractivity contribution in [1.82, 2.24) is 0 Å². The van der Waals surface area contributed by atoms with Gasteiger partial charge in [-0.2, -0.15) is 0 Å². The largest absolute Gasteiger partial charge is 1.00 e. The molecule has 5 heteroatoms. The minimum Gasteiger partial charge on any atom is -0.676 e. The van der Waals surface area contributed by atoms with Crippen LogP contribution in [0.1, 0.15) is 0 Å². The fourth-order valence-electron chi connectivity index (χ4n) is 0.459. The quantitative estimate of drug-likeness (QED) is 0.479. The molecule has 2 N–H and O–H groups in total. The third-order valence-corrected chi connectivity index (χ3v) is 0.854. The van der Waals surface area contributed by atoms with Crippen LogP contribution in [0.2, 0.25) is 0 Å². The van der Waals surface area contributed by atoms with Crippen molar-refractivity contribution < 1.29 is 72.8 Å². The van der Waals surface area contributed by atoms with Crippen LogP contribution in [0.25, 0.3) is 5.73 Å². The second-order valence-electron chi connectivity index (χ2n) is 1.70. The molecule has 0 radical (unpaired) electrons. The molecule has 0 bridgehead atoms. The Labute approximate surface area is 116 Å². The summed E-state index contributed by atoms with van der Waals surface area (Å²) in [6, 6.07) is 0. The summed E-state index contributed by atoms with van der Waals surface area (Å²) in [6.07, 6.45) is 0. The van der Waals surface area contributed by atoms with Gasteiger partial charge in [0, 0.05) is 6.61 Å². The van der Waals surface area contributed by atoms with Crippen LogP contribution >= 0.6 is 0 Å². The molecule has 0 unspecified atom stereocenters. The normalized spacial score (nSPS) is 9.27. The van der Waals surface area contributed by atoms with Crippen LogP contribution in [0.3, 0.4) is 0 Å². The average Bonchev–Trinajstić information content (AvgIpc) is 1.97. The fraction of sp³-hybridized carbons (Fsp3) is 1.00. The van der Waals surface area contributed by atoms with Gasteiger partial charge in [0.1, 0.15) is 0 Å². The maximum atomic E-state index is 8.27. The predicted molar refractivity (Wildman–Crippen MR) is 37.9 cm³/mol. The van der Waals surface area contributed by atoms with Crippen molar-refractivity contribution in [2.75, 3.05) is 39.6 Å². The van der Waals surface area contributed by atoms with E-state index in [0.29, 0.717) is 33.0 Å². The number of nitrogens with one attached hydrogen (secondary N) is 1.